The largest absolute Gasteiger partial charge is 0.347 e. The highest BCUT2D eigenvalue weighted by molar-refractivity contribution is 7.99. The molecule has 1 atom stereocenters. The van der Waals surface area contributed by atoms with E-state index in [2.05, 4.69) is 15.3 Å². The second-order valence-electron chi connectivity index (χ2n) is 2.59. The number of nitrogens with one attached hydrogen (secondary N) is 2. The summed E-state index contributed by atoms with van der Waals surface area (Å²) in [7, 11) is 0. The summed E-state index contributed by atoms with van der Waals surface area (Å²) in [5, 5.41) is 3.43. The van der Waals surface area contributed by atoms with E-state index in [4.69, 9.17) is 0 Å². The molecule has 2 N–H and O–H groups in total. The fourth-order valence-corrected chi connectivity index (χ4v) is 2.18. The zero-order chi connectivity index (χ0) is 7.52. The Hall–Kier alpha value is -0.480. The van der Waals surface area contributed by atoms with Gasteiger partial charge in [-0.25, -0.2) is 4.98 Å². The molecular formula is C7H11N3S. The van der Waals surface area contributed by atoms with Gasteiger partial charge in [-0.05, 0) is 0 Å². The van der Waals surface area contributed by atoms with Crippen LogP contribution in [0.25, 0.3) is 0 Å². The first-order chi connectivity index (χ1) is 5.47. The van der Waals surface area contributed by atoms with Gasteiger partial charge in [0.05, 0.1) is 18.1 Å². The summed E-state index contributed by atoms with van der Waals surface area (Å²) in [5.74, 6) is 2.38. The number of H-pyrrole nitrogens is 1. The van der Waals surface area contributed by atoms with Gasteiger partial charge in [-0.2, -0.15) is 11.8 Å². The molecule has 0 radical (unpaired) electrons. The van der Waals surface area contributed by atoms with Crippen molar-refractivity contribution in [1.82, 2.24) is 15.3 Å². The molecule has 2 heterocycles. The normalized spacial score (nSPS) is 25.3. The lowest BCUT2D eigenvalue weighted by Gasteiger charge is -2.21. The summed E-state index contributed by atoms with van der Waals surface area (Å²) < 4.78 is 0. The van der Waals surface area contributed by atoms with Gasteiger partial charge in [0.15, 0.2) is 0 Å². The minimum atomic E-state index is 0.483. The quantitative estimate of drug-likeness (QED) is 0.653. The molecule has 1 aliphatic rings. The van der Waals surface area contributed by atoms with Crippen molar-refractivity contribution in [3.63, 3.8) is 0 Å². The maximum absolute atomic E-state index is 3.99. The van der Waals surface area contributed by atoms with Crippen LogP contribution in [0.5, 0.6) is 0 Å². The summed E-state index contributed by atoms with van der Waals surface area (Å²) in [5.41, 5.74) is 1.21. The second-order valence-corrected chi connectivity index (χ2v) is 3.74. The van der Waals surface area contributed by atoms with Crippen LogP contribution >= 0.6 is 11.8 Å². The molecule has 1 aliphatic heterocycles. The zero-order valence-corrected chi connectivity index (χ0v) is 7.03. The Kier molecular flexibility index (Phi) is 2.14. The third-order valence-corrected chi connectivity index (χ3v) is 2.88. The monoisotopic (exact) mass is 169 g/mol. The molecule has 0 bridgehead atoms. The fraction of sp³-hybridized carbons (Fsp3) is 0.571. The van der Waals surface area contributed by atoms with Gasteiger partial charge in [-0.1, -0.05) is 0 Å². The molecule has 1 saturated heterocycles. The lowest BCUT2D eigenvalue weighted by molar-refractivity contribution is 0.583. The average molecular weight is 169 g/mol. The molecule has 0 saturated carbocycles. The van der Waals surface area contributed by atoms with E-state index < -0.39 is 0 Å². The molecule has 1 unspecified atom stereocenters. The van der Waals surface area contributed by atoms with Crippen molar-refractivity contribution in [2.75, 3.05) is 18.1 Å². The topological polar surface area (TPSA) is 40.7 Å². The number of imidazole rings is 1. The number of thioether (sulfide) groups is 1. The van der Waals surface area contributed by atoms with Crippen molar-refractivity contribution < 1.29 is 0 Å². The van der Waals surface area contributed by atoms with Gasteiger partial charge < -0.3 is 10.3 Å². The van der Waals surface area contributed by atoms with E-state index in [9.17, 15) is 0 Å². The van der Waals surface area contributed by atoms with Crippen molar-refractivity contribution in [3.8, 4) is 0 Å². The fourth-order valence-electron chi connectivity index (χ4n) is 1.22. The standard InChI is InChI=1S/C7H11N3S/c1-2-11-4-7(9-1)6-3-8-5-10-6/h3,5,7,9H,1-2,4H2,(H,8,10). The van der Waals surface area contributed by atoms with E-state index in [0.29, 0.717) is 6.04 Å². The number of nitrogens with zero attached hydrogens (tertiary/aromatic N) is 1. The SMILES string of the molecule is c1ncc(C2CSCCN2)[nH]1. The lowest BCUT2D eigenvalue weighted by Crippen LogP contribution is -2.30. The van der Waals surface area contributed by atoms with Crippen molar-refractivity contribution in [2.45, 2.75) is 6.04 Å². The van der Waals surface area contributed by atoms with Crippen LogP contribution in [0.1, 0.15) is 11.7 Å². The van der Waals surface area contributed by atoms with Crippen LogP contribution in [0.3, 0.4) is 0 Å². The van der Waals surface area contributed by atoms with Crippen LogP contribution in [0.15, 0.2) is 12.5 Å². The molecule has 11 heavy (non-hydrogen) atoms. The van der Waals surface area contributed by atoms with Crippen LogP contribution in [-0.2, 0) is 0 Å². The molecule has 0 amide bonds. The van der Waals surface area contributed by atoms with Gasteiger partial charge in [0, 0.05) is 24.2 Å². The summed E-state index contributed by atoms with van der Waals surface area (Å²) >= 11 is 1.99. The molecule has 60 valence electrons. The maximum atomic E-state index is 3.99. The minimum Gasteiger partial charge on any atom is -0.347 e. The molecule has 0 aliphatic carbocycles. The first-order valence-electron chi connectivity index (χ1n) is 3.76. The van der Waals surface area contributed by atoms with Crippen molar-refractivity contribution in [3.05, 3.63) is 18.2 Å². The molecule has 2 rings (SSSR count). The smallest absolute Gasteiger partial charge is 0.0922 e. The van der Waals surface area contributed by atoms with Gasteiger partial charge in [-0.15, -0.1) is 0 Å². The van der Waals surface area contributed by atoms with Gasteiger partial charge in [-0.3, -0.25) is 0 Å². The first kappa shape index (κ1) is 7.18. The third kappa shape index (κ3) is 1.57. The van der Waals surface area contributed by atoms with E-state index in [-0.39, 0.29) is 0 Å². The maximum Gasteiger partial charge on any atom is 0.0922 e. The van der Waals surface area contributed by atoms with E-state index in [1.54, 1.807) is 6.33 Å². The summed E-state index contributed by atoms with van der Waals surface area (Å²) in [6.45, 7) is 1.11. The Morgan fingerprint density at radius 2 is 2.64 bits per heavy atom. The number of hydrogen-bond donors (Lipinski definition) is 2. The van der Waals surface area contributed by atoms with Crippen LogP contribution in [0.2, 0.25) is 0 Å². The minimum absolute atomic E-state index is 0.483. The first-order valence-corrected chi connectivity index (χ1v) is 4.91. The number of aromatic amines is 1. The van der Waals surface area contributed by atoms with E-state index in [1.165, 1.54) is 11.4 Å². The van der Waals surface area contributed by atoms with Crippen molar-refractivity contribution in [1.29, 1.82) is 0 Å². The van der Waals surface area contributed by atoms with Gasteiger partial charge in [0.25, 0.3) is 0 Å². The molecule has 0 aromatic carbocycles. The van der Waals surface area contributed by atoms with Gasteiger partial charge in [0.2, 0.25) is 0 Å². The average Bonchev–Trinajstić information content (AvgIpc) is 2.58. The summed E-state index contributed by atoms with van der Waals surface area (Å²) in [6, 6.07) is 0.483. The van der Waals surface area contributed by atoms with Gasteiger partial charge in [0.1, 0.15) is 0 Å². The Bertz CT molecular complexity index is 203. The molecule has 1 aromatic heterocycles. The Morgan fingerprint density at radius 1 is 1.64 bits per heavy atom. The van der Waals surface area contributed by atoms with Crippen LogP contribution in [0, 0.1) is 0 Å². The zero-order valence-electron chi connectivity index (χ0n) is 6.21. The number of aromatic nitrogens is 2. The van der Waals surface area contributed by atoms with Crippen molar-refractivity contribution >= 4 is 11.8 Å². The lowest BCUT2D eigenvalue weighted by atomic mass is 10.2. The Morgan fingerprint density at radius 3 is 3.27 bits per heavy atom. The Balaban J connectivity index is 2.04. The highest BCUT2D eigenvalue weighted by atomic mass is 32.2. The van der Waals surface area contributed by atoms with Crippen LogP contribution in [-0.4, -0.2) is 28.0 Å². The van der Waals surface area contributed by atoms with E-state index >= 15 is 0 Å². The highest BCUT2D eigenvalue weighted by Gasteiger charge is 2.15. The number of rotatable bonds is 1. The summed E-state index contributed by atoms with van der Waals surface area (Å²) in [4.78, 5) is 7.11. The second kappa shape index (κ2) is 3.28. The third-order valence-electron chi connectivity index (χ3n) is 1.82. The molecule has 1 aromatic rings. The molecule has 1 fully saturated rings. The number of hydrogen-bond acceptors (Lipinski definition) is 3. The molecular weight excluding hydrogens is 158 g/mol. The van der Waals surface area contributed by atoms with Crippen LogP contribution in [0.4, 0.5) is 0 Å². The highest BCUT2D eigenvalue weighted by Crippen LogP contribution is 2.18. The van der Waals surface area contributed by atoms with Crippen LogP contribution < -0.4 is 5.32 Å². The predicted molar refractivity (Wildman–Crippen MR) is 46.7 cm³/mol. The van der Waals surface area contributed by atoms with Gasteiger partial charge >= 0.3 is 0 Å². The molecule has 0 spiro atoms. The van der Waals surface area contributed by atoms with Crippen molar-refractivity contribution in [2.24, 2.45) is 0 Å². The predicted octanol–water partition coefficient (Wildman–Crippen LogP) is 0.787. The molecule has 4 heteroatoms. The Labute approximate surface area is 70.0 Å². The summed E-state index contributed by atoms with van der Waals surface area (Å²) in [6.07, 6.45) is 3.62. The van der Waals surface area contributed by atoms with E-state index in [0.717, 1.165) is 12.3 Å². The van der Waals surface area contributed by atoms with E-state index in [1.807, 2.05) is 18.0 Å². The molecule has 3 nitrogen and oxygen atoms in total.